The van der Waals surface area contributed by atoms with Gasteiger partial charge in [-0.1, -0.05) is 0 Å². The van der Waals surface area contributed by atoms with E-state index in [1.807, 2.05) is 0 Å². The molecule has 0 fully saturated rings. The summed E-state index contributed by atoms with van der Waals surface area (Å²) in [5.41, 5.74) is 0. The summed E-state index contributed by atoms with van der Waals surface area (Å²) in [5.74, 6) is 0. The maximum absolute atomic E-state index is 2.30. The van der Waals surface area contributed by atoms with E-state index in [4.69, 9.17) is 0 Å². The minimum atomic E-state index is 0.512. The van der Waals surface area contributed by atoms with Gasteiger partial charge in [-0.05, 0) is 0 Å². The Kier molecular flexibility index (Phi) is 7.40. The van der Waals surface area contributed by atoms with Crippen LogP contribution >= 0.6 is 0 Å². The molecule has 0 unspecified atom stereocenters. The monoisotopic (exact) mass is 134 g/mol. The Hall–Kier alpha value is 0.714. The van der Waals surface area contributed by atoms with Gasteiger partial charge in [0, 0.05) is 0 Å². The molecule has 0 heterocycles. The Balaban J connectivity index is 2.45. The van der Waals surface area contributed by atoms with E-state index in [0.29, 0.717) is 19.2 Å². The maximum atomic E-state index is 2.30. The van der Waals surface area contributed by atoms with E-state index >= 15 is 0 Å². The number of rotatable bonds is 4. The predicted molar refractivity (Wildman–Crippen MR) is 30.2 cm³/mol. The molecule has 0 atom stereocenters. The molecule has 0 aliphatic rings. The first-order chi connectivity index (χ1) is 3.41. The van der Waals surface area contributed by atoms with Gasteiger partial charge in [0.05, 0.1) is 0 Å². The summed E-state index contributed by atoms with van der Waals surface area (Å²) < 4.78 is 3.05. The number of unbranched alkanes of at least 4 members (excludes halogenated alkanes) is 1. The van der Waals surface area contributed by atoms with Crippen LogP contribution in [0.1, 0.15) is 26.7 Å². The van der Waals surface area contributed by atoms with Crippen molar-refractivity contribution in [2.75, 3.05) is 0 Å². The van der Waals surface area contributed by atoms with Crippen LogP contribution in [0, 0.1) is 0 Å². The first-order valence-electron chi connectivity index (χ1n) is 3.12. The number of hydrogen-bond donors (Lipinski definition) is 0. The van der Waals surface area contributed by atoms with Crippen LogP contribution in [0.15, 0.2) is 0 Å². The molecule has 0 radical (unpaired) electrons. The van der Waals surface area contributed by atoms with Crippen molar-refractivity contribution in [1.82, 2.24) is 0 Å². The minimum absolute atomic E-state index is 0.512. The van der Waals surface area contributed by atoms with Crippen molar-refractivity contribution in [3.8, 4) is 0 Å². The van der Waals surface area contributed by atoms with Crippen LogP contribution in [-0.4, -0.2) is 0 Å². The molecule has 0 bridgehead atoms. The first-order valence-corrected chi connectivity index (χ1v) is 5.33. The van der Waals surface area contributed by atoms with Crippen LogP contribution in [0.4, 0.5) is 0 Å². The fraction of sp³-hybridized carbons (Fsp3) is 1.00. The number of hydrogen-bond acceptors (Lipinski definition) is 0. The van der Waals surface area contributed by atoms with Crippen molar-refractivity contribution in [1.29, 1.82) is 0 Å². The van der Waals surface area contributed by atoms with E-state index in [1.54, 1.807) is 4.73 Å². The molecule has 0 nitrogen and oxygen atoms in total. The standard InChI is InChI=1S/C4H9.C2H5.Ti/c1-3-4-2;1-2;/h1,3-4H2,2H3;1H2,2H3;. The molecule has 0 N–H and O–H groups in total. The average Bonchev–Trinajstić information content (AvgIpc) is 1.69. The fourth-order valence-electron chi connectivity index (χ4n) is 0.479. The van der Waals surface area contributed by atoms with Crippen LogP contribution < -0.4 is 0 Å². The van der Waals surface area contributed by atoms with Gasteiger partial charge in [0.15, 0.2) is 0 Å². The second-order valence-electron chi connectivity index (χ2n) is 1.71. The third-order valence-electron chi connectivity index (χ3n) is 0.957. The van der Waals surface area contributed by atoms with Gasteiger partial charge in [-0.2, -0.15) is 0 Å². The molecule has 0 rings (SSSR count). The Morgan fingerprint density at radius 1 is 1.29 bits per heavy atom. The first kappa shape index (κ1) is 7.71. The quantitative estimate of drug-likeness (QED) is 0.409. The summed E-state index contributed by atoms with van der Waals surface area (Å²) in [4.78, 5) is 0. The summed E-state index contributed by atoms with van der Waals surface area (Å²) in [6.07, 6.45) is 2.87. The molecule has 0 amide bonds. The van der Waals surface area contributed by atoms with Crippen molar-refractivity contribution in [3.63, 3.8) is 0 Å². The zero-order valence-electron chi connectivity index (χ0n) is 5.33. The summed E-state index contributed by atoms with van der Waals surface area (Å²) in [7, 11) is 0. The topological polar surface area (TPSA) is 0 Å². The molecule has 0 spiro atoms. The molecule has 42 valence electrons. The summed E-state index contributed by atoms with van der Waals surface area (Å²) in [6.45, 7) is 4.57. The van der Waals surface area contributed by atoms with Crippen molar-refractivity contribution in [2.24, 2.45) is 0 Å². The van der Waals surface area contributed by atoms with Crippen LogP contribution in [0.2, 0.25) is 9.45 Å². The van der Waals surface area contributed by atoms with Crippen LogP contribution in [0.25, 0.3) is 0 Å². The van der Waals surface area contributed by atoms with Gasteiger partial charge in [-0.15, -0.1) is 0 Å². The average molecular weight is 134 g/mol. The SMILES string of the molecule is CCC[CH2][Ti][CH2]C. The Morgan fingerprint density at radius 2 is 2.00 bits per heavy atom. The van der Waals surface area contributed by atoms with Crippen molar-refractivity contribution in [3.05, 3.63) is 0 Å². The van der Waals surface area contributed by atoms with Gasteiger partial charge in [0.25, 0.3) is 0 Å². The molecule has 0 aliphatic heterocycles. The molecule has 0 saturated heterocycles. The predicted octanol–water partition coefficient (Wildman–Crippen LogP) is 2.73. The molecule has 0 aromatic rings. The van der Waals surface area contributed by atoms with E-state index in [-0.39, 0.29) is 0 Å². The van der Waals surface area contributed by atoms with E-state index in [2.05, 4.69) is 13.8 Å². The normalized spacial score (nSPS) is 8.86. The van der Waals surface area contributed by atoms with Crippen molar-refractivity contribution in [2.45, 2.75) is 36.1 Å². The van der Waals surface area contributed by atoms with Crippen LogP contribution in [-0.2, 0) is 19.2 Å². The summed E-state index contributed by atoms with van der Waals surface area (Å²) in [6, 6.07) is 0. The van der Waals surface area contributed by atoms with Crippen molar-refractivity contribution < 1.29 is 19.2 Å². The molecule has 7 heavy (non-hydrogen) atoms. The molecular formula is C6H14Ti. The fourth-order valence-corrected chi connectivity index (χ4v) is 1.97. The second-order valence-corrected chi connectivity index (χ2v) is 4.37. The summed E-state index contributed by atoms with van der Waals surface area (Å²) in [5, 5.41) is 0. The third-order valence-corrected chi connectivity index (χ3v) is 2.84. The van der Waals surface area contributed by atoms with Gasteiger partial charge in [0.2, 0.25) is 0 Å². The van der Waals surface area contributed by atoms with E-state index < -0.39 is 0 Å². The Morgan fingerprint density at radius 3 is 2.43 bits per heavy atom. The van der Waals surface area contributed by atoms with Crippen LogP contribution in [0.5, 0.6) is 0 Å². The van der Waals surface area contributed by atoms with Crippen LogP contribution in [0.3, 0.4) is 0 Å². The van der Waals surface area contributed by atoms with E-state index in [0.717, 1.165) is 0 Å². The van der Waals surface area contributed by atoms with Gasteiger partial charge < -0.3 is 0 Å². The van der Waals surface area contributed by atoms with Gasteiger partial charge >= 0.3 is 55.3 Å². The summed E-state index contributed by atoms with van der Waals surface area (Å²) >= 11 is 0.512. The zero-order chi connectivity index (χ0) is 5.54. The van der Waals surface area contributed by atoms with E-state index in [1.165, 1.54) is 17.6 Å². The molecular weight excluding hydrogens is 120 g/mol. The molecule has 0 saturated carbocycles. The third kappa shape index (κ3) is 6.71. The van der Waals surface area contributed by atoms with Gasteiger partial charge in [0.1, 0.15) is 0 Å². The Bertz CT molecular complexity index is 23.4. The van der Waals surface area contributed by atoms with E-state index in [9.17, 15) is 0 Å². The molecule has 1 heteroatoms. The van der Waals surface area contributed by atoms with Gasteiger partial charge in [-0.3, -0.25) is 0 Å². The zero-order valence-corrected chi connectivity index (χ0v) is 6.89. The van der Waals surface area contributed by atoms with Gasteiger partial charge in [-0.25, -0.2) is 0 Å². The Labute approximate surface area is 55.6 Å². The van der Waals surface area contributed by atoms with Crippen molar-refractivity contribution >= 4 is 0 Å². The molecule has 0 aromatic heterocycles. The second kappa shape index (κ2) is 6.71. The molecule has 0 aromatic carbocycles. The molecule has 0 aliphatic carbocycles.